The Kier molecular flexibility index (Phi) is 8.63. The topological polar surface area (TPSA) is 106 Å². The zero-order valence-corrected chi connectivity index (χ0v) is 20.9. The minimum Gasteiger partial charge on any atom is -0.481 e. The van der Waals surface area contributed by atoms with Crippen molar-refractivity contribution in [3.63, 3.8) is 0 Å². The number of hydrogen-bond donors (Lipinski definition) is 2. The van der Waals surface area contributed by atoms with E-state index in [4.69, 9.17) is 15.4 Å². The van der Waals surface area contributed by atoms with Crippen LogP contribution in [0.25, 0.3) is 11.3 Å². The molecular formula is C29H26N4O3S. The average molecular weight is 511 g/mol. The molecule has 37 heavy (non-hydrogen) atoms. The summed E-state index contributed by atoms with van der Waals surface area (Å²) in [6.45, 7) is 1.48. The lowest BCUT2D eigenvalue weighted by molar-refractivity contribution is -0.136. The summed E-state index contributed by atoms with van der Waals surface area (Å²) in [4.78, 5) is 30.1. The summed E-state index contributed by atoms with van der Waals surface area (Å²) in [5.74, 6) is -1.24. The second kappa shape index (κ2) is 12.5. The first-order chi connectivity index (χ1) is 18.0. The van der Waals surface area contributed by atoms with Crippen molar-refractivity contribution in [1.29, 1.82) is 5.26 Å². The Bertz CT molecular complexity index is 1380. The first kappa shape index (κ1) is 25.6. The summed E-state index contributed by atoms with van der Waals surface area (Å²) in [6.07, 6.45) is 0.745. The Hall–Kier alpha value is -4.48. The predicted molar refractivity (Wildman–Crippen MR) is 144 cm³/mol. The number of carboxylic acid groups (broad SMARTS) is 1. The van der Waals surface area contributed by atoms with Crippen molar-refractivity contribution in [2.45, 2.75) is 19.4 Å². The zero-order chi connectivity index (χ0) is 26.0. The molecule has 7 nitrogen and oxygen atoms in total. The van der Waals surface area contributed by atoms with E-state index in [2.05, 4.69) is 28.4 Å². The zero-order valence-electron chi connectivity index (χ0n) is 20.1. The average Bonchev–Trinajstić information content (AvgIpc) is 3.42. The van der Waals surface area contributed by atoms with Gasteiger partial charge in [0.15, 0.2) is 5.13 Å². The molecular weight excluding hydrogens is 484 g/mol. The lowest BCUT2D eigenvalue weighted by Gasteiger charge is -2.22. The molecule has 186 valence electrons. The van der Waals surface area contributed by atoms with E-state index < -0.39 is 5.97 Å². The number of nitrogens with one attached hydrogen (secondary N) is 1. The largest absolute Gasteiger partial charge is 0.481 e. The number of nitriles is 1. The van der Waals surface area contributed by atoms with Gasteiger partial charge in [-0.25, -0.2) is 4.98 Å². The fraction of sp³-hybridized carbons (Fsp3) is 0.172. The number of carboxylic acids is 1. The Morgan fingerprint density at radius 3 is 2.38 bits per heavy atom. The lowest BCUT2D eigenvalue weighted by atomic mass is 10.1. The monoisotopic (exact) mass is 510 g/mol. The summed E-state index contributed by atoms with van der Waals surface area (Å²) < 4.78 is 0. The lowest BCUT2D eigenvalue weighted by Crippen LogP contribution is -2.26. The quantitative estimate of drug-likeness (QED) is 0.290. The fourth-order valence-electron chi connectivity index (χ4n) is 3.78. The Labute approximate surface area is 219 Å². The molecule has 0 fully saturated rings. The number of aromatic nitrogens is 1. The van der Waals surface area contributed by atoms with Crippen molar-refractivity contribution in [1.82, 2.24) is 10.3 Å². The highest BCUT2D eigenvalue weighted by atomic mass is 32.1. The number of benzene rings is 3. The van der Waals surface area contributed by atoms with E-state index in [9.17, 15) is 9.59 Å². The summed E-state index contributed by atoms with van der Waals surface area (Å²) in [7, 11) is 0. The summed E-state index contributed by atoms with van der Waals surface area (Å²) in [6, 6.07) is 27.2. The van der Waals surface area contributed by atoms with Gasteiger partial charge in [0.05, 0.1) is 23.7 Å². The second-order valence-corrected chi connectivity index (χ2v) is 9.29. The molecule has 0 radical (unpaired) electrons. The normalized spacial score (nSPS) is 10.5. The van der Waals surface area contributed by atoms with Crippen molar-refractivity contribution in [3.8, 4) is 17.3 Å². The van der Waals surface area contributed by atoms with Gasteiger partial charge >= 0.3 is 5.97 Å². The van der Waals surface area contributed by atoms with Crippen LogP contribution in [0.3, 0.4) is 0 Å². The van der Waals surface area contributed by atoms with Gasteiger partial charge in [-0.3, -0.25) is 9.59 Å². The molecule has 0 atom stereocenters. The van der Waals surface area contributed by atoms with Crippen LogP contribution in [-0.4, -0.2) is 35.1 Å². The molecule has 2 N–H and O–H groups in total. The molecule has 0 saturated carbocycles. The maximum atomic E-state index is 12.3. The van der Waals surface area contributed by atoms with Crippen molar-refractivity contribution in [2.75, 3.05) is 18.0 Å². The van der Waals surface area contributed by atoms with E-state index in [0.717, 1.165) is 34.9 Å². The molecule has 3 aromatic carbocycles. The van der Waals surface area contributed by atoms with Crippen molar-refractivity contribution >= 4 is 28.3 Å². The van der Waals surface area contributed by atoms with Crippen LogP contribution in [0.4, 0.5) is 5.13 Å². The molecule has 1 heterocycles. The van der Waals surface area contributed by atoms with E-state index in [1.165, 1.54) is 5.56 Å². The van der Waals surface area contributed by atoms with Crippen molar-refractivity contribution < 1.29 is 14.7 Å². The number of hydrogen-bond acceptors (Lipinski definition) is 6. The summed E-state index contributed by atoms with van der Waals surface area (Å²) >= 11 is 1.57. The molecule has 0 spiro atoms. The molecule has 8 heteroatoms. The van der Waals surface area contributed by atoms with Gasteiger partial charge in [0.25, 0.3) is 5.91 Å². The first-order valence-electron chi connectivity index (χ1n) is 11.9. The van der Waals surface area contributed by atoms with Gasteiger partial charge in [-0.15, -0.1) is 11.3 Å². The van der Waals surface area contributed by atoms with E-state index in [-0.39, 0.29) is 18.9 Å². The third-order valence-electron chi connectivity index (χ3n) is 5.80. The Balaban J connectivity index is 1.49. The van der Waals surface area contributed by atoms with Gasteiger partial charge in [0.2, 0.25) is 0 Å². The van der Waals surface area contributed by atoms with E-state index in [0.29, 0.717) is 17.7 Å². The van der Waals surface area contributed by atoms with Crippen LogP contribution >= 0.6 is 11.3 Å². The molecule has 4 rings (SSSR count). The predicted octanol–water partition coefficient (Wildman–Crippen LogP) is 5.14. The second-order valence-electron chi connectivity index (χ2n) is 8.46. The van der Waals surface area contributed by atoms with Gasteiger partial charge in [-0.1, -0.05) is 54.6 Å². The molecule has 0 aliphatic heterocycles. The van der Waals surface area contributed by atoms with E-state index in [1.807, 2.05) is 47.8 Å². The van der Waals surface area contributed by atoms with Gasteiger partial charge < -0.3 is 15.3 Å². The molecule has 0 aliphatic rings. The maximum absolute atomic E-state index is 12.3. The van der Waals surface area contributed by atoms with Gasteiger partial charge in [-0.2, -0.15) is 5.26 Å². The van der Waals surface area contributed by atoms with Crippen LogP contribution < -0.4 is 10.2 Å². The van der Waals surface area contributed by atoms with Crippen LogP contribution in [0.1, 0.15) is 33.5 Å². The van der Waals surface area contributed by atoms with Crippen LogP contribution in [0.2, 0.25) is 0 Å². The number of aliphatic carboxylic acids is 1. The molecule has 1 amide bonds. The SMILES string of the molecule is N#Cc1ccc(-c2csc(N(CCc3ccccc3)Cc3ccc(C(=O)NCCC(=O)O)cc3)n2)cc1. The minimum atomic E-state index is -0.948. The number of rotatable bonds is 11. The third kappa shape index (κ3) is 7.26. The number of anilines is 1. The number of carbonyl (C=O) groups is 2. The molecule has 0 aliphatic carbocycles. The molecule has 4 aromatic rings. The Morgan fingerprint density at radius 1 is 0.973 bits per heavy atom. The maximum Gasteiger partial charge on any atom is 0.305 e. The van der Waals surface area contributed by atoms with Crippen molar-refractivity contribution in [3.05, 3.63) is 106 Å². The summed E-state index contributed by atoms with van der Waals surface area (Å²) in [5.41, 5.74) is 5.20. The highest BCUT2D eigenvalue weighted by Crippen LogP contribution is 2.29. The van der Waals surface area contributed by atoms with Crippen LogP contribution in [0.15, 0.2) is 84.2 Å². The van der Waals surface area contributed by atoms with Crippen LogP contribution in [-0.2, 0) is 17.8 Å². The molecule has 0 bridgehead atoms. The Morgan fingerprint density at radius 2 is 1.70 bits per heavy atom. The minimum absolute atomic E-state index is 0.0921. The smallest absolute Gasteiger partial charge is 0.305 e. The number of amides is 1. The molecule has 0 saturated heterocycles. The molecule has 1 aromatic heterocycles. The first-order valence-corrected chi connectivity index (χ1v) is 12.7. The number of thiazole rings is 1. The highest BCUT2D eigenvalue weighted by molar-refractivity contribution is 7.14. The van der Waals surface area contributed by atoms with E-state index >= 15 is 0 Å². The molecule has 0 unspecified atom stereocenters. The number of nitrogens with zero attached hydrogens (tertiary/aromatic N) is 3. The number of carbonyl (C=O) groups excluding carboxylic acids is 1. The van der Waals surface area contributed by atoms with Gasteiger partial charge in [0, 0.05) is 36.1 Å². The van der Waals surface area contributed by atoms with Crippen LogP contribution in [0, 0.1) is 11.3 Å². The fourth-order valence-corrected chi connectivity index (χ4v) is 4.64. The highest BCUT2D eigenvalue weighted by Gasteiger charge is 2.14. The standard InChI is InChI=1S/C29H26N4O3S/c30-18-22-6-10-24(11-7-22)26-20-37-29(32-26)33(17-15-21-4-2-1-3-5-21)19-23-8-12-25(13-9-23)28(36)31-16-14-27(34)35/h1-13,20H,14-17,19H2,(H,31,36)(H,34,35). The summed E-state index contributed by atoms with van der Waals surface area (Å²) in [5, 5.41) is 23.3. The van der Waals surface area contributed by atoms with Gasteiger partial charge in [-0.05, 0) is 41.8 Å². The third-order valence-corrected chi connectivity index (χ3v) is 6.70. The van der Waals surface area contributed by atoms with E-state index in [1.54, 1.807) is 35.6 Å². The van der Waals surface area contributed by atoms with Crippen molar-refractivity contribution in [2.24, 2.45) is 0 Å². The van der Waals surface area contributed by atoms with Crippen LogP contribution in [0.5, 0.6) is 0 Å². The van der Waals surface area contributed by atoms with Gasteiger partial charge in [0.1, 0.15) is 0 Å².